The van der Waals surface area contributed by atoms with Gasteiger partial charge >= 0.3 is 0 Å². The van der Waals surface area contributed by atoms with Crippen LogP contribution in [0.3, 0.4) is 0 Å². The normalized spacial score (nSPS) is 23.7. The minimum absolute atomic E-state index is 0.0535. The largest absolute Gasteiger partial charge is 0.392 e. The summed E-state index contributed by atoms with van der Waals surface area (Å²) in [5.41, 5.74) is 1.84. The van der Waals surface area contributed by atoms with E-state index < -0.39 is 0 Å². The SMILES string of the molecule is OCc1ccc2nc(N[C@@H]3CCCC[C@H]3O)sc2c1. The first kappa shape index (κ1) is 12.8. The number of hydrogen-bond donors (Lipinski definition) is 3. The molecule has 1 heterocycles. The summed E-state index contributed by atoms with van der Waals surface area (Å²) in [6, 6.07) is 5.91. The van der Waals surface area contributed by atoms with E-state index in [1.165, 1.54) is 0 Å². The molecule has 1 saturated carbocycles. The van der Waals surface area contributed by atoms with Crippen molar-refractivity contribution in [1.82, 2.24) is 4.98 Å². The van der Waals surface area contributed by atoms with Gasteiger partial charge in [-0.15, -0.1) is 0 Å². The number of rotatable bonds is 3. The Kier molecular flexibility index (Phi) is 3.68. The number of nitrogens with zero attached hydrogens (tertiary/aromatic N) is 1. The van der Waals surface area contributed by atoms with Crippen LogP contribution in [0.25, 0.3) is 10.2 Å². The maximum Gasteiger partial charge on any atom is 0.184 e. The van der Waals surface area contributed by atoms with Crippen LogP contribution in [0.4, 0.5) is 5.13 Å². The molecule has 1 aromatic heterocycles. The predicted molar refractivity (Wildman–Crippen MR) is 77.4 cm³/mol. The van der Waals surface area contributed by atoms with E-state index in [9.17, 15) is 5.11 Å². The molecule has 1 fully saturated rings. The van der Waals surface area contributed by atoms with Crippen molar-refractivity contribution >= 4 is 26.7 Å². The van der Waals surface area contributed by atoms with E-state index >= 15 is 0 Å². The minimum atomic E-state index is -0.270. The Morgan fingerprint density at radius 1 is 1.32 bits per heavy atom. The van der Waals surface area contributed by atoms with Crippen LogP contribution in [0.15, 0.2) is 18.2 Å². The molecule has 0 aliphatic heterocycles. The number of hydrogen-bond acceptors (Lipinski definition) is 5. The van der Waals surface area contributed by atoms with Crippen LogP contribution < -0.4 is 5.32 Å². The zero-order valence-electron chi connectivity index (χ0n) is 10.7. The Morgan fingerprint density at radius 3 is 2.95 bits per heavy atom. The summed E-state index contributed by atoms with van der Waals surface area (Å²) in [4.78, 5) is 4.53. The van der Waals surface area contributed by atoms with Gasteiger partial charge in [0.15, 0.2) is 5.13 Å². The van der Waals surface area contributed by atoms with E-state index in [1.807, 2.05) is 18.2 Å². The third-order valence-electron chi connectivity index (χ3n) is 3.67. The third kappa shape index (κ3) is 2.73. The number of aliphatic hydroxyl groups excluding tert-OH is 2. The van der Waals surface area contributed by atoms with Crippen LogP contribution in [0, 0.1) is 0 Å². The van der Waals surface area contributed by atoms with E-state index in [2.05, 4.69) is 10.3 Å². The van der Waals surface area contributed by atoms with Gasteiger partial charge in [0.25, 0.3) is 0 Å². The topological polar surface area (TPSA) is 65.4 Å². The van der Waals surface area contributed by atoms with Crippen LogP contribution >= 0.6 is 11.3 Å². The molecule has 2 atom stereocenters. The molecular formula is C14H18N2O2S. The van der Waals surface area contributed by atoms with E-state index in [1.54, 1.807) is 11.3 Å². The molecule has 0 unspecified atom stereocenters. The van der Waals surface area contributed by atoms with Gasteiger partial charge in [0.05, 0.1) is 29.0 Å². The lowest BCUT2D eigenvalue weighted by Gasteiger charge is -2.27. The number of anilines is 1. The molecule has 1 aliphatic rings. The highest BCUT2D eigenvalue weighted by Gasteiger charge is 2.23. The number of fused-ring (bicyclic) bond motifs is 1. The lowest BCUT2D eigenvalue weighted by Crippen LogP contribution is -2.36. The fraction of sp³-hybridized carbons (Fsp3) is 0.500. The minimum Gasteiger partial charge on any atom is -0.392 e. The Labute approximate surface area is 116 Å². The van der Waals surface area contributed by atoms with Crippen molar-refractivity contribution in [2.75, 3.05) is 5.32 Å². The summed E-state index contributed by atoms with van der Waals surface area (Å²) < 4.78 is 1.07. The number of aromatic nitrogens is 1. The Hall–Kier alpha value is -1.17. The number of benzene rings is 1. The van der Waals surface area contributed by atoms with E-state index in [4.69, 9.17) is 5.11 Å². The van der Waals surface area contributed by atoms with Crippen molar-refractivity contribution < 1.29 is 10.2 Å². The van der Waals surface area contributed by atoms with Crippen LogP contribution in [-0.4, -0.2) is 27.3 Å². The van der Waals surface area contributed by atoms with Gasteiger partial charge in [0.1, 0.15) is 0 Å². The molecule has 2 aromatic rings. The van der Waals surface area contributed by atoms with Gasteiger partial charge in [-0.25, -0.2) is 4.98 Å². The number of aliphatic hydroxyl groups is 2. The molecule has 0 amide bonds. The molecule has 0 bridgehead atoms. The Balaban J connectivity index is 1.81. The van der Waals surface area contributed by atoms with E-state index in [0.29, 0.717) is 0 Å². The molecule has 102 valence electrons. The van der Waals surface area contributed by atoms with Gasteiger partial charge < -0.3 is 15.5 Å². The summed E-state index contributed by atoms with van der Waals surface area (Å²) in [5, 5.41) is 23.3. The lowest BCUT2D eigenvalue weighted by atomic mass is 9.93. The van der Waals surface area contributed by atoms with Gasteiger partial charge in [-0.3, -0.25) is 0 Å². The van der Waals surface area contributed by atoms with Crippen molar-refractivity contribution in [2.45, 2.75) is 44.4 Å². The summed E-state index contributed by atoms with van der Waals surface area (Å²) in [7, 11) is 0. The van der Waals surface area contributed by atoms with Crippen molar-refractivity contribution in [3.8, 4) is 0 Å². The maximum absolute atomic E-state index is 9.97. The summed E-state index contributed by atoms with van der Waals surface area (Å²) in [6.07, 6.45) is 3.87. The highest BCUT2D eigenvalue weighted by Crippen LogP contribution is 2.29. The molecule has 1 aliphatic carbocycles. The fourth-order valence-corrected chi connectivity index (χ4v) is 3.56. The zero-order chi connectivity index (χ0) is 13.2. The molecule has 0 saturated heterocycles. The fourth-order valence-electron chi connectivity index (χ4n) is 2.57. The van der Waals surface area contributed by atoms with Gasteiger partial charge in [0.2, 0.25) is 0 Å². The van der Waals surface area contributed by atoms with Crippen LogP contribution in [0.1, 0.15) is 31.2 Å². The average molecular weight is 278 g/mol. The van der Waals surface area contributed by atoms with Crippen molar-refractivity contribution in [3.63, 3.8) is 0 Å². The number of nitrogens with one attached hydrogen (secondary N) is 1. The van der Waals surface area contributed by atoms with Crippen LogP contribution in [-0.2, 0) is 6.61 Å². The molecule has 3 rings (SSSR count). The standard InChI is InChI=1S/C14H18N2O2S/c17-8-9-5-6-11-13(7-9)19-14(16-11)15-10-3-1-2-4-12(10)18/h5-7,10,12,17-18H,1-4,8H2,(H,15,16)/t10-,12-/m1/s1. The van der Waals surface area contributed by atoms with Crippen molar-refractivity contribution in [1.29, 1.82) is 0 Å². The second-order valence-electron chi connectivity index (χ2n) is 5.08. The second kappa shape index (κ2) is 5.45. The number of thiazole rings is 1. The molecule has 3 N–H and O–H groups in total. The zero-order valence-corrected chi connectivity index (χ0v) is 11.5. The van der Waals surface area contributed by atoms with Crippen LogP contribution in [0.2, 0.25) is 0 Å². The first-order valence-corrected chi connectivity index (χ1v) is 7.53. The smallest absolute Gasteiger partial charge is 0.184 e. The van der Waals surface area contributed by atoms with E-state index in [-0.39, 0.29) is 18.8 Å². The molecule has 0 radical (unpaired) electrons. The molecule has 19 heavy (non-hydrogen) atoms. The molecule has 4 nitrogen and oxygen atoms in total. The average Bonchev–Trinajstić information content (AvgIpc) is 2.82. The lowest BCUT2D eigenvalue weighted by molar-refractivity contribution is 0.116. The highest BCUT2D eigenvalue weighted by molar-refractivity contribution is 7.22. The third-order valence-corrected chi connectivity index (χ3v) is 4.62. The molecular weight excluding hydrogens is 260 g/mol. The maximum atomic E-state index is 9.97. The van der Waals surface area contributed by atoms with Crippen molar-refractivity contribution in [3.05, 3.63) is 23.8 Å². The quantitative estimate of drug-likeness (QED) is 0.807. The van der Waals surface area contributed by atoms with Gasteiger partial charge in [-0.1, -0.05) is 30.2 Å². The summed E-state index contributed by atoms with van der Waals surface area (Å²) in [6.45, 7) is 0.0535. The predicted octanol–water partition coefficient (Wildman–Crippen LogP) is 2.50. The van der Waals surface area contributed by atoms with Crippen LogP contribution in [0.5, 0.6) is 0 Å². The Morgan fingerprint density at radius 2 is 2.16 bits per heavy atom. The molecule has 1 aromatic carbocycles. The molecule has 0 spiro atoms. The summed E-state index contributed by atoms with van der Waals surface area (Å²) in [5.74, 6) is 0. The second-order valence-corrected chi connectivity index (χ2v) is 6.11. The van der Waals surface area contributed by atoms with Gasteiger partial charge in [0, 0.05) is 0 Å². The first-order chi connectivity index (χ1) is 9.26. The molecule has 5 heteroatoms. The van der Waals surface area contributed by atoms with Crippen molar-refractivity contribution in [2.24, 2.45) is 0 Å². The monoisotopic (exact) mass is 278 g/mol. The Bertz CT molecular complexity index is 570. The summed E-state index contributed by atoms with van der Waals surface area (Å²) >= 11 is 1.58. The van der Waals surface area contributed by atoms with Gasteiger partial charge in [-0.05, 0) is 30.5 Å². The van der Waals surface area contributed by atoms with Gasteiger partial charge in [-0.2, -0.15) is 0 Å². The highest BCUT2D eigenvalue weighted by atomic mass is 32.1. The van der Waals surface area contributed by atoms with E-state index in [0.717, 1.165) is 46.6 Å². The first-order valence-electron chi connectivity index (χ1n) is 6.71.